The Morgan fingerprint density at radius 3 is 2.33 bits per heavy atom. The first-order valence-corrected chi connectivity index (χ1v) is 8.04. The predicted octanol–water partition coefficient (Wildman–Crippen LogP) is 4.08. The highest BCUT2D eigenvalue weighted by atomic mass is 79.9. The fraction of sp³-hybridized carbons (Fsp3) is 0.467. The van der Waals surface area contributed by atoms with Crippen LogP contribution < -0.4 is 5.73 Å². The van der Waals surface area contributed by atoms with Gasteiger partial charge < -0.3 is 15.0 Å². The van der Waals surface area contributed by atoms with Crippen molar-refractivity contribution in [1.29, 1.82) is 0 Å². The zero-order valence-electron chi connectivity index (χ0n) is 12.7. The van der Waals surface area contributed by atoms with E-state index in [-0.39, 0.29) is 11.2 Å². The van der Waals surface area contributed by atoms with Gasteiger partial charge in [0.15, 0.2) is 0 Å². The average Bonchev–Trinajstić information content (AvgIpc) is 2.57. The van der Waals surface area contributed by atoms with Crippen molar-refractivity contribution in [3.8, 4) is 0 Å². The van der Waals surface area contributed by atoms with Crippen LogP contribution in [0, 0.1) is 0 Å². The van der Waals surface area contributed by atoms with Crippen LogP contribution in [-0.2, 0) is 9.31 Å². The molecule has 1 heterocycles. The lowest BCUT2D eigenvalue weighted by atomic mass is 9.77. The number of rotatable bonds is 3. The summed E-state index contributed by atoms with van der Waals surface area (Å²) in [6.07, 6.45) is 1.99. The summed E-state index contributed by atoms with van der Waals surface area (Å²) in [5, 5.41) is 0.684. The first kappa shape index (κ1) is 17.0. The Morgan fingerprint density at radius 1 is 1.29 bits per heavy atom. The molecule has 6 heteroatoms. The molecule has 0 aliphatic carbocycles. The van der Waals surface area contributed by atoms with Gasteiger partial charge in [0.05, 0.1) is 11.2 Å². The standard InChI is InChI=1S/C15H20BBrClNO2/c1-14(2)15(3,4)21-16(20-14)11(9-19)7-10-5-6-12(18)8-13(10)17/h5-8H,9,19H2,1-4H3. The molecular formula is C15H20BBrClNO2. The quantitative estimate of drug-likeness (QED) is 0.813. The summed E-state index contributed by atoms with van der Waals surface area (Å²) in [5.41, 5.74) is 7.04. The van der Waals surface area contributed by atoms with Gasteiger partial charge in [0.2, 0.25) is 0 Å². The van der Waals surface area contributed by atoms with Crippen LogP contribution in [0.2, 0.25) is 5.02 Å². The lowest BCUT2D eigenvalue weighted by Gasteiger charge is -2.32. The van der Waals surface area contributed by atoms with Crippen LogP contribution in [0.1, 0.15) is 33.3 Å². The number of hydrogen-bond donors (Lipinski definition) is 1. The molecule has 0 unspecified atom stereocenters. The third-order valence-electron chi connectivity index (χ3n) is 4.10. The van der Waals surface area contributed by atoms with Crippen LogP contribution in [0.25, 0.3) is 6.08 Å². The number of nitrogens with two attached hydrogens (primary N) is 1. The molecule has 114 valence electrons. The summed E-state index contributed by atoms with van der Waals surface area (Å²) in [6.45, 7) is 8.48. The zero-order valence-corrected chi connectivity index (χ0v) is 15.1. The van der Waals surface area contributed by atoms with Gasteiger partial charge in [-0.15, -0.1) is 0 Å². The van der Waals surface area contributed by atoms with Gasteiger partial charge in [-0.05, 0) is 50.9 Å². The molecule has 0 bridgehead atoms. The van der Waals surface area contributed by atoms with E-state index in [9.17, 15) is 0 Å². The molecule has 1 aliphatic heterocycles. The van der Waals surface area contributed by atoms with Crippen molar-refractivity contribution in [2.24, 2.45) is 5.73 Å². The maximum absolute atomic E-state index is 6.04. The minimum atomic E-state index is -0.428. The lowest BCUT2D eigenvalue weighted by molar-refractivity contribution is 0.00578. The van der Waals surface area contributed by atoms with Gasteiger partial charge in [-0.3, -0.25) is 0 Å². The molecular weight excluding hydrogens is 352 g/mol. The highest BCUT2D eigenvalue weighted by molar-refractivity contribution is 9.10. The van der Waals surface area contributed by atoms with Gasteiger partial charge in [0, 0.05) is 16.0 Å². The van der Waals surface area contributed by atoms with E-state index in [1.165, 1.54) is 0 Å². The largest absolute Gasteiger partial charge is 0.491 e. The van der Waals surface area contributed by atoms with Crippen molar-refractivity contribution in [3.63, 3.8) is 0 Å². The second-order valence-electron chi connectivity index (χ2n) is 6.18. The molecule has 1 aliphatic rings. The first-order valence-electron chi connectivity index (χ1n) is 6.87. The van der Waals surface area contributed by atoms with E-state index < -0.39 is 7.12 Å². The van der Waals surface area contributed by atoms with Crippen LogP contribution >= 0.6 is 27.5 Å². The molecule has 1 fully saturated rings. The molecule has 0 radical (unpaired) electrons. The van der Waals surface area contributed by atoms with E-state index in [2.05, 4.69) is 15.9 Å². The predicted molar refractivity (Wildman–Crippen MR) is 92.3 cm³/mol. The fourth-order valence-corrected chi connectivity index (χ4v) is 2.83. The molecule has 0 saturated carbocycles. The lowest BCUT2D eigenvalue weighted by Crippen LogP contribution is -2.41. The second-order valence-corrected chi connectivity index (χ2v) is 7.47. The van der Waals surface area contributed by atoms with Crippen molar-refractivity contribution in [2.45, 2.75) is 38.9 Å². The highest BCUT2D eigenvalue weighted by Crippen LogP contribution is 2.39. The summed E-state index contributed by atoms with van der Waals surface area (Å²) in [5.74, 6) is 0. The normalized spacial score (nSPS) is 20.9. The molecule has 21 heavy (non-hydrogen) atoms. The van der Waals surface area contributed by atoms with Crippen molar-refractivity contribution in [3.05, 3.63) is 38.7 Å². The molecule has 1 saturated heterocycles. The van der Waals surface area contributed by atoms with E-state index >= 15 is 0 Å². The summed E-state index contributed by atoms with van der Waals surface area (Å²) >= 11 is 9.47. The Balaban J connectivity index is 2.31. The van der Waals surface area contributed by atoms with E-state index in [0.717, 1.165) is 15.5 Å². The van der Waals surface area contributed by atoms with Crippen LogP contribution in [0.5, 0.6) is 0 Å². The summed E-state index contributed by atoms with van der Waals surface area (Å²) in [6, 6.07) is 5.63. The summed E-state index contributed by atoms with van der Waals surface area (Å²) in [4.78, 5) is 0. The Bertz CT molecular complexity index is 559. The number of halogens is 2. The van der Waals surface area contributed by atoms with Crippen molar-refractivity contribution in [1.82, 2.24) is 0 Å². The molecule has 2 rings (SSSR count). The van der Waals surface area contributed by atoms with Crippen molar-refractivity contribution >= 4 is 40.7 Å². The van der Waals surface area contributed by atoms with E-state index in [4.69, 9.17) is 26.6 Å². The van der Waals surface area contributed by atoms with E-state index in [1.54, 1.807) is 0 Å². The maximum atomic E-state index is 6.04. The monoisotopic (exact) mass is 371 g/mol. The zero-order chi connectivity index (χ0) is 15.8. The van der Waals surface area contributed by atoms with Gasteiger partial charge in [-0.1, -0.05) is 39.7 Å². The van der Waals surface area contributed by atoms with Gasteiger partial charge in [-0.25, -0.2) is 0 Å². The minimum absolute atomic E-state index is 0.367. The molecule has 0 aromatic heterocycles. The minimum Gasteiger partial charge on any atom is -0.400 e. The SMILES string of the molecule is CC1(C)OB(C(=Cc2ccc(Cl)cc2Br)CN)OC1(C)C. The van der Waals surface area contributed by atoms with Crippen LogP contribution in [-0.4, -0.2) is 24.9 Å². The average molecular weight is 372 g/mol. The Kier molecular flexibility index (Phi) is 4.91. The van der Waals surface area contributed by atoms with Crippen LogP contribution in [0.4, 0.5) is 0 Å². The molecule has 1 aromatic carbocycles. The van der Waals surface area contributed by atoms with Gasteiger partial charge in [0.25, 0.3) is 0 Å². The third-order valence-corrected chi connectivity index (χ3v) is 5.02. The maximum Gasteiger partial charge on any atom is 0.491 e. The van der Waals surface area contributed by atoms with Gasteiger partial charge >= 0.3 is 7.12 Å². The first-order chi connectivity index (χ1) is 9.66. The van der Waals surface area contributed by atoms with Crippen LogP contribution in [0.15, 0.2) is 28.1 Å². The topological polar surface area (TPSA) is 44.5 Å². The third kappa shape index (κ3) is 3.54. The summed E-state index contributed by atoms with van der Waals surface area (Å²) in [7, 11) is -0.428. The second kappa shape index (κ2) is 6.05. The van der Waals surface area contributed by atoms with E-state index in [1.807, 2.05) is 52.0 Å². The van der Waals surface area contributed by atoms with E-state index in [0.29, 0.717) is 11.6 Å². The summed E-state index contributed by atoms with van der Waals surface area (Å²) < 4.78 is 13.0. The number of hydrogen-bond acceptors (Lipinski definition) is 3. The molecule has 0 amide bonds. The smallest absolute Gasteiger partial charge is 0.400 e. The Hall–Kier alpha value is -0.325. The van der Waals surface area contributed by atoms with Gasteiger partial charge in [-0.2, -0.15) is 0 Å². The highest BCUT2D eigenvalue weighted by Gasteiger charge is 2.52. The molecule has 1 aromatic rings. The molecule has 3 nitrogen and oxygen atoms in total. The Morgan fingerprint density at radius 2 is 1.86 bits per heavy atom. The molecule has 0 atom stereocenters. The number of benzene rings is 1. The Labute approximate surface area is 140 Å². The fourth-order valence-electron chi connectivity index (χ4n) is 2.04. The van der Waals surface area contributed by atoms with Crippen molar-refractivity contribution in [2.75, 3.05) is 6.54 Å². The van der Waals surface area contributed by atoms with Crippen LogP contribution in [0.3, 0.4) is 0 Å². The molecule has 0 spiro atoms. The van der Waals surface area contributed by atoms with Gasteiger partial charge in [0.1, 0.15) is 0 Å². The molecule has 2 N–H and O–H groups in total. The van der Waals surface area contributed by atoms with Crippen molar-refractivity contribution < 1.29 is 9.31 Å².